The summed E-state index contributed by atoms with van der Waals surface area (Å²) in [6.07, 6.45) is 10.5. The van der Waals surface area contributed by atoms with E-state index < -0.39 is 29.4 Å². The molecule has 4 atom stereocenters. The Morgan fingerprint density at radius 1 is 1.18 bits per heavy atom. The quantitative estimate of drug-likeness (QED) is 0.477. The van der Waals surface area contributed by atoms with Crippen LogP contribution in [0.25, 0.3) is 0 Å². The van der Waals surface area contributed by atoms with Gasteiger partial charge in [0.2, 0.25) is 17.7 Å². The van der Waals surface area contributed by atoms with Crippen molar-refractivity contribution in [3.05, 3.63) is 24.3 Å². The first-order valence-electron chi connectivity index (χ1n) is 13.8. The van der Waals surface area contributed by atoms with Crippen molar-refractivity contribution in [3.63, 3.8) is 0 Å². The van der Waals surface area contributed by atoms with Gasteiger partial charge in [-0.25, -0.2) is 4.98 Å². The van der Waals surface area contributed by atoms with Gasteiger partial charge in [-0.2, -0.15) is 5.26 Å². The van der Waals surface area contributed by atoms with Gasteiger partial charge < -0.3 is 20.9 Å². The Morgan fingerprint density at radius 2 is 1.92 bits per heavy atom. The average molecular weight is 536 g/mol. The number of carbonyl (C=O) groups is 4. The van der Waals surface area contributed by atoms with Crippen molar-refractivity contribution in [1.82, 2.24) is 30.8 Å². The third kappa shape index (κ3) is 5.47. The summed E-state index contributed by atoms with van der Waals surface area (Å²) in [6, 6.07) is -0.329. The molecule has 4 aliphatic rings. The van der Waals surface area contributed by atoms with Crippen LogP contribution in [0.5, 0.6) is 0 Å². The highest BCUT2D eigenvalue weighted by Gasteiger charge is 2.55. The number of nitrogens with zero attached hydrogens (tertiary/aromatic N) is 4. The number of nitriles is 1. The molecule has 1 aromatic heterocycles. The van der Waals surface area contributed by atoms with Crippen LogP contribution in [0.15, 0.2) is 18.6 Å². The van der Waals surface area contributed by atoms with E-state index in [0.29, 0.717) is 19.4 Å². The number of carbonyl (C=O) groups excluding carboxylic acids is 4. The van der Waals surface area contributed by atoms with E-state index in [2.05, 4.69) is 32.0 Å². The molecule has 0 aromatic carbocycles. The highest BCUT2D eigenvalue weighted by Crippen LogP contribution is 2.51. The van der Waals surface area contributed by atoms with Gasteiger partial charge in [0, 0.05) is 30.4 Å². The first-order valence-corrected chi connectivity index (χ1v) is 13.8. The van der Waals surface area contributed by atoms with Crippen LogP contribution in [-0.4, -0.2) is 68.7 Å². The summed E-state index contributed by atoms with van der Waals surface area (Å²) in [4.78, 5) is 62.6. The second kappa shape index (κ2) is 9.88. The molecule has 3 heterocycles. The number of nitrogens with one attached hydrogen (secondary N) is 3. The largest absolute Gasteiger partial charge is 0.350 e. The van der Waals surface area contributed by atoms with Crippen LogP contribution >= 0.6 is 0 Å². The van der Waals surface area contributed by atoms with Gasteiger partial charge in [-0.05, 0) is 55.8 Å². The first kappa shape index (κ1) is 27.0. The van der Waals surface area contributed by atoms with Gasteiger partial charge in [0.05, 0.1) is 12.3 Å². The van der Waals surface area contributed by atoms with Crippen molar-refractivity contribution < 1.29 is 19.2 Å². The molecule has 2 aliphatic carbocycles. The summed E-state index contributed by atoms with van der Waals surface area (Å²) in [5.74, 6) is -1.59. The zero-order chi connectivity index (χ0) is 28.0. The Labute approximate surface area is 228 Å². The normalized spacial score (nSPS) is 25.8. The van der Waals surface area contributed by atoms with E-state index in [1.807, 2.05) is 20.8 Å². The van der Waals surface area contributed by atoms with Gasteiger partial charge in [-0.3, -0.25) is 24.2 Å². The highest BCUT2D eigenvalue weighted by atomic mass is 16.2. The van der Waals surface area contributed by atoms with Crippen molar-refractivity contribution in [1.29, 1.82) is 5.26 Å². The molecule has 2 spiro atoms. The molecule has 2 saturated carbocycles. The molecule has 0 bridgehead atoms. The minimum Gasteiger partial charge on any atom is -0.350 e. The summed E-state index contributed by atoms with van der Waals surface area (Å²) in [5.41, 5.74) is -0.767. The number of hydrogen-bond acceptors (Lipinski definition) is 7. The Balaban J connectivity index is 1.31. The highest BCUT2D eigenvalue weighted by molar-refractivity contribution is 5.97. The van der Waals surface area contributed by atoms with E-state index in [1.165, 1.54) is 18.6 Å². The molecule has 3 N–H and O–H groups in total. The molecule has 0 radical (unpaired) electrons. The maximum absolute atomic E-state index is 14.0. The zero-order valence-electron chi connectivity index (χ0n) is 22.8. The molecular weight excluding hydrogens is 498 g/mol. The molecule has 5 rings (SSSR count). The fourth-order valence-corrected chi connectivity index (χ4v) is 6.34. The second-order valence-corrected chi connectivity index (χ2v) is 13.0. The number of amides is 4. The lowest BCUT2D eigenvalue weighted by molar-refractivity contribution is -0.142. The molecule has 4 amide bonds. The summed E-state index contributed by atoms with van der Waals surface area (Å²) in [5, 5.41) is 18.5. The Hall–Kier alpha value is -3.55. The average Bonchev–Trinajstić information content (AvgIpc) is 3.36. The molecule has 208 valence electrons. The van der Waals surface area contributed by atoms with Gasteiger partial charge in [-0.15, -0.1) is 0 Å². The predicted molar refractivity (Wildman–Crippen MR) is 140 cm³/mol. The molecule has 11 heteroatoms. The van der Waals surface area contributed by atoms with Crippen LogP contribution in [-0.2, 0) is 14.4 Å². The third-order valence-corrected chi connectivity index (χ3v) is 8.93. The van der Waals surface area contributed by atoms with Gasteiger partial charge in [-0.1, -0.05) is 27.2 Å². The Kier molecular flexibility index (Phi) is 6.85. The minimum absolute atomic E-state index is 0.0556. The van der Waals surface area contributed by atoms with Crippen LogP contribution in [0.2, 0.25) is 0 Å². The number of hydrogen-bond donors (Lipinski definition) is 3. The maximum atomic E-state index is 14.0. The van der Waals surface area contributed by atoms with Crippen molar-refractivity contribution in [2.75, 3.05) is 6.54 Å². The fraction of sp³-hybridized carbons (Fsp3) is 0.679. The van der Waals surface area contributed by atoms with E-state index in [-0.39, 0.29) is 46.7 Å². The first-order chi connectivity index (χ1) is 18.4. The van der Waals surface area contributed by atoms with Crippen LogP contribution in [0.4, 0.5) is 0 Å². The lowest BCUT2D eigenvalue weighted by Gasteiger charge is -2.39. The van der Waals surface area contributed by atoms with Crippen LogP contribution in [0.1, 0.15) is 82.6 Å². The maximum Gasteiger partial charge on any atom is 0.272 e. The lowest BCUT2D eigenvalue weighted by Crippen LogP contribution is -2.58. The van der Waals surface area contributed by atoms with Crippen LogP contribution in [0, 0.1) is 28.1 Å². The number of likely N-dealkylation sites (tertiary alicyclic amines) is 1. The van der Waals surface area contributed by atoms with Gasteiger partial charge in [0.25, 0.3) is 5.91 Å². The second-order valence-electron chi connectivity index (χ2n) is 13.0. The van der Waals surface area contributed by atoms with Crippen molar-refractivity contribution in [2.24, 2.45) is 16.7 Å². The zero-order valence-corrected chi connectivity index (χ0v) is 22.8. The molecule has 4 fully saturated rings. The number of rotatable bonds is 7. The van der Waals surface area contributed by atoms with Crippen molar-refractivity contribution in [2.45, 2.75) is 95.8 Å². The summed E-state index contributed by atoms with van der Waals surface area (Å²) >= 11 is 0. The Bertz CT molecular complexity index is 1200. The van der Waals surface area contributed by atoms with Gasteiger partial charge in [0.15, 0.2) is 0 Å². The molecule has 2 saturated heterocycles. The molecule has 2 aliphatic heterocycles. The smallest absolute Gasteiger partial charge is 0.272 e. The number of aromatic nitrogens is 2. The van der Waals surface area contributed by atoms with Crippen molar-refractivity contribution in [3.8, 4) is 6.07 Å². The standard InChI is InChI=1S/C28H37N7O4/c1-26(2,3)21(33-23(37)19-15-30-9-10-31-19)25(39)35-16-27(5-4-6-27)13-20(35)24(38)32-18(14-29)11-17-12-28(7-8-28)34-22(17)36/h9-10,15,17-18,20-21H,4-8,11-13,16H2,1-3H3,(H,32,38)(H,33,37)(H,34,36). The molecule has 39 heavy (non-hydrogen) atoms. The predicted octanol–water partition coefficient (Wildman–Crippen LogP) is 1.46. The Morgan fingerprint density at radius 3 is 2.46 bits per heavy atom. The van der Waals surface area contributed by atoms with Crippen LogP contribution < -0.4 is 16.0 Å². The molecule has 1 aromatic rings. The minimum atomic E-state index is -0.902. The third-order valence-electron chi connectivity index (χ3n) is 8.93. The van der Waals surface area contributed by atoms with E-state index in [9.17, 15) is 24.4 Å². The topological polar surface area (TPSA) is 157 Å². The molecule has 4 unspecified atom stereocenters. The van der Waals surface area contributed by atoms with Crippen molar-refractivity contribution >= 4 is 23.6 Å². The molecule has 11 nitrogen and oxygen atoms in total. The monoisotopic (exact) mass is 535 g/mol. The van der Waals surface area contributed by atoms with E-state index in [0.717, 1.165) is 32.1 Å². The lowest BCUT2D eigenvalue weighted by atomic mass is 9.67. The fourth-order valence-electron chi connectivity index (χ4n) is 6.34. The molecular formula is C28H37N7O4. The van der Waals surface area contributed by atoms with E-state index in [4.69, 9.17) is 0 Å². The summed E-state index contributed by atoms with van der Waals surface area (Å²) in [6.45, 7) is 6.02. The van der Waals surface area contributed by atoms with Crippen LogP contribution in [0.3, 0.4) is 0 Å². The summed E-state index contributed by atoms with van der Waals surface area (Å²) in [7, 11) is 0. The van der Waals surface area contributed by atoms with E-state index >= 15 is 0 Å². The SMILES string of the molecule is CC(C)(C)C(NC(=O)c1cnccn1)C(=O)N1CC2(CCC2)CC1C(=O)NC(C#N)CC1CC2(CC2)NC1=O. The van der Waals surface area contributed by atoms with Gasteiger partial charge in [0.1, 0.15) is 23.8 Å². The van der Waals surface area contributed by atoms with Gasteiger partial charge >= 0.3 is 0 Å². The van der Waals surface area contributed by atoms with E-state index in [1.54, 1.807) is 4.90 Å². The summed E-state index contributed by atoms with van der Waals surface area (Å²) < 4.78 is 0.